The van der Waals surface area contributed by atoms with Crippen LogP contribution in [0, 0.1) is 0 Å². The minimum Gasteiger partial charge on any atom is -0.351 e. The second-order valence-corrected chi connectivity index (χ2v) is 5.02. The number of amides is 1. The predicted octanol–water partition coefficient (Wildman–Crippen LogP) is 2.24. The van der Waals surface area contributed by atoms with Crippen LogP contribution in [0.2, 0.25) is 0 Å². The van der Waals surface area contributed by atoms with Crippen molar-refractivity contribution in [2.75, 3.05) is 0 Å². The Kier molecular flexibility index (Phi) is 4.07. The third-order valence-electron chi connectivity index (χ3n) is 0.867. The Labute approximate surface area is 81.6 Å². The van der Waals surface area contributed by atoms with E-state index in [1.165, 1.54) is 0 Å². The molecule has 0 bridgehead atoms. The van der Waals surface area contributed by atoms with E-state index in [1.54, 1.807) is 0 Å². The number of hydrogen-bond acceptors (Lipinski definition) is 1. The van der Waals surface area contributed by atoms with Gasteiger partial charge in [0.05, 0.1) is 6.42 Å². The highest BCUT2D eigenvalue weighted by Crippen LogP contribution is 2.08. The standard InChI is InChI=1S/C8H14INO/c1-6(9)5-7(11)10-8(2,3)4/h1,5H2,2-4H3,(H,10,11). The summed E-state index contributed by atoms with van der Waals surface area (Å²) in [7, 11) is 0. The molecule has 0 spiro atoms. The van der Waals surface area contributed by atoms with Crippen molar-refractivity contribution in [1.29, 1.82) is 0 Å². The molecule has 0 fully saturated rings. The van der Waals surface area contributed by atoms with Crippen LogP contribution < -0.4 is 5.32 Å². The zero-order valence-electron chi connectivity index (χ0n) is 7.20. The van der Waals surface area contributed by atoms with Crippen LogP contribution >= 0.6 is 22.6 Å². The van der Waals surface area contributed by atoms with Gasteiger partial charge < -0.3 is 5.32 Å². The Hall–Kier alpha value is -0.0600. The molecule has 0 atom stereocenters. The van der Waals surface area contributed by atoms with Crippen molar-refractivity contribution in [1.82, 2.24) is 5.32 Å². The lowest BCUT2D eigenvalue weighted by molar-refractivity contribution is -0.121. The maximum absolute atomic E-state index is 11.1. The molecule has 1 N–H and O–H groups in total. The summed E-state index contributed by atoms with van der Waals surface area (Å²) in [6, 6.07) is 0. The highest BCUT2D eigenvalue weighted by atomic mass is 127. The molecule has 0 saturated carbocycles. The molecule has 0 aliphatic carbocycles. The molecule has 0 aromatic carbocycles. The minimum atomic E-state index is -0.136. The van der Waals surface area contributed by atoms with Crippen molar-refractivity contribution < 1.29 is 4.79 Å². The number of carbonyl (C=O) groups excluding carboxylic acids is 1. The Balaban J connectivity index is 3.80. The van der Waals surface area contributed by atoms with Crippen LogP contribution in [0.15, 0.2) is 10.2 Å². The molecule has 64 valence electrons. The number of rotatable bonds is 2. The second kappa shape index (κ2) is 4.09. The van der Waals surface area contributed by atoms with E-state index in [2.05, 4.69) is 34.5 Å². The first kappa shape index (κ1) is 10.9. The Morgan fingerprint density at radius 3 is 2.27 bits per heavy atom. The molecule has 2 nitrogen and oxygen atoms in total. The first-order chi connectivity index (χ1) is 4.81. The summed E-state index contributed by atoms with van der Waals surface area (Å²) >= 11 is 2.05. The Morgan fingerprint density at radius 2 is 2.00 bits per heavy atom. The van der Waals surface area contributed by atoms with Gasteiger partial charge in [0.25, 0.3) is 0 Å². The van der Waals surface area contributed by atoms with E-state index in [0.29, 0.717) is 6.42 Å². The smallest absolute Gasteiger partial charge is 0.225 e. The fourth-order valence-electron chi connectivity index (χ4n) is 0.637. The van der Waals surface area contributed by atoms with Crippen LogP contribution in [0.4, 0.5) is 0 Å². The topological polar surface area (TPSA) is 29.1 Å². The third kappa shape index (κ3) is 7.84. The summed E-state index contributed by atoms with van der Waals surface area (Å²) in [5.41, 5.74) is -0.136. The molecular weight excluding hydrogens is 253 g/mol. The molecule has 0 heterocycles. The zero-order chi connectivity index (χ0) is 9.07. The zero-order valence-corrected chi connectivity index (χ0v) is 9.36. The van der Waals surface area contributed by atoms with Gasteiger partial charge in [-0.3, -0.25) is 4.79 Å². The van der Waals surface area contributed by atoms with E-state index in [9.17, 15) is 4.79 Å². The van der Waals surface area contributed by atoms with Gasteiger partial charge in [-0.05, 0) is 46.9 Å². The largest absolute Gasteiger partial charge is 0.351 e. The van der Waals surface area contributed by atoms with E-state index in [0.717, 1.165) is 3.58 Å². The molecule has 0 aliphatic heterocycles. The SMILES string of the molecule is C=C(I)CC(=O)NC(C)(C)C. The summed E-state index contributed by atoms with van der Waals surface area (Å²) in [6.45, 7) is 9.53. The molecule has 0 aromatic heterocycles. The molecule has 1 amide bonds. The highest BCUT2D eigenvalue weighted by molar-refractivity contribution is 14.1. The van der Waals surface area contributed by atoms with Crippen molar-refractivity contribution in [2.45, 2.75) is 32.7 Å². The predicted molar refractivity (Wildman–Crippen MR) is 55.7 cm³/mol. The fraction of sp³-hybridized carbons (Fsp3) is 0.625. The van der Waals surface area contributed by atoms with Crippen molar-refractivity contribution in [2.24, 2.45) is 0 Å². The number of nitrogens with one attached hydrogen (secondary N) is 1. The maximum atomic E-state index is 11.1. The molecule has 0 rings (SSSR count). The molecule has 0 aromatic rings. The normalized spacial score (nSPS) is 10.9. The van der Waals surface area contributed by atoms with Crippen molar-refractivity contribution in [3.05, 3.63) is 10.2 Å². The number of hydrogen-bond donors (Lipinski definition) is 1. The average molecular weight is 267 g/mol. The molecule has 0 saturated heterocycles. The first-order valence-corrected chi connectivity index (χ1v) is 4.53. The van der Waals surface area contributed by atoms with Crippen molar-refractivity contribution in [3.63, 3.8) is 0 Å². The van der Waals surface area contributed by atoms with Crippen LogP contribution in [0.5, 0.6) is 0 Å². The van der Waals surface area contributed by atoms with Gasteiger partial charge in [-0.25, -0.2) is 0 Å². The lowest BCUT2D eigenvalue weighted by Crippen LogP contribution is -2.40. The second-order valence-electron chi connectivity index (χ2n) is 3.49. The average Bonchev–Trinajstić information content (AvgIpc) is 1.53. The maximum Gasteiger partial charge on any atom is 0.225 e. The minimum absolute atomic E-state index is 0.0388. The Morgan fingerprint density at radius 1 is 1.55 bits per heavy atom. The van der Waals surface area contributed by atoms with Crippen LogP contribution in [0.25, 0.3) is 0 Å². The number of carbonyl (C=O) groups is 1. The van der Waals surface area contributed by atoms with Gasteiger partial charge >= 0.3 is 0 Å². The van der Waals surface area contributed by atoms with Gasteiger partial charge in [0.15, 0.2) is 0 Å². The monoisotopic (exact) mass is 267 g/mol. The third-order valence-corrected chi connectivity index (χ3v) is 1.25. The first-order valence-electron chi connectivity index (χ1n) is 3.45. The van der Waals surface area contributed by atoms with E-state index in [1.807, 2.05) is 20.8 Å². The summed E-state index contributed by atoms with van der Waals surface area (Å²) < 4.78 is 0.865. The lowest BCUT2D eigenvalue weighted by atomic mass is 10.1. The lowest BCUT2D eigenvalue weighted by Gasteiger charge is -2.20. The molecule has 0 unspecified atom stereocenters. The molecule has 0 radical (unpaired) electrons. The molecule has 11 heavy (non-hydrogen) atoms. The number of halogens is 1. The van der Waals surface area contributed by atoms with Gasteiger partial charge in [0, 0.05) is 5.54 Å². The summed E-state index contributed by atoms with van der Waals surface area (Å²) in [5.74, 6) is 0.0388. The van der Waals surface area contributed by atoms with Gasteiger partial charge in [-0.15, -0.1) is 0 Å². The molecule has 3 heteroatoms. The van der Waals surface area contributed by atoms with Crippen LogP contribution in [-0.4, -0.2) is 11.4 Å². The quantitative estimate of drug-likeness (QED) is 0.764. The van der Waals surface area contributed by atoms with E-state index in [4.69, 9.17) is 0 Å². The van der Waals surface area contributed by atoms with Crippen LogP contribution in [-0.2, 0) is 4.79 Å². The van der Waals surface area contributed by atoms with Gasteiger partial charge in [0.1, 0.15) is 0 Å². The highest BCUT2D eigenvalue weighted by Gasteiger charge is 2.13. The molecular formula is C8H14INO. The van der Waals surface area contributed by atoms with E-state index >= 15 is 0 Å². The van der Waals surface area contributed by atoms with E-state index < -0.39 is 0 Å². The fourth-order valence-corrected chi connectivity index (χ4v) is 0.983. The van der Waals surface area contributed by atoms with Crippen molar-refractivity contribution >= 4 is 28.5 Å². The summed E-state index contributed by atoms with van der Waals surface area (Å²) in [4.78, 5) is 11.1. The van der Waals surface area contributed by atoms with Crippen molar-refractivity contribution in [3.8, 4) is 0 Å². The van der Waals surface area contributed by atoms with Crippen LogP contribution in [0.3, 0.4) is 0 Å². The molecule has 0 aliphatic rings. The van der Waals surface area contributed by atoms with Gasteiger partial charge in [-0.1, -0.05) is 6.58 Å². The summed E-state index contributed by atoms with van der Waals surface area (Å²) in [5, 5.41) is 2.85. The van der Waals surface area contributed by atoms with Gasteiger partial charge in [0.2, 0.25) is 5.91 Å². The van der Waals surface area contributed by atoms with E-state index in [-0.39, 0.29) is 11.4 Å². The summed E-state index contributed by atoms with van der Waals surface area (Å²) in [6.07, 6.45) is 0.415. The Bertz CT molecular complexity index is 169. The van der Waals surface area contributed by atoms with Gasteiger partial charge in [-0.2, -0.15) is 0 Å². The van der Waals surface area contributed by atoms with Crippen LogP contribution in [0.1, 0.15) is 27.2 Å².